The van der Waals surface area contributed by atoms with Crippen LogP contribution in [-0.4, -0.2) is 37.7 Å². The summed E-state index contributed by atoms with van der Waals surface area (Å²) in [6.45, 7) is 0. The molecule has 0 aromatic heterocycles. The maximum atomic E-state index is 10.6. The average Bonchev–Trinajstić information content (AvgIpc) is 1.81. The number of nitrogens with one attached hydrogen (secondary N) is 1. The quantitative estimate of drug-likeness (QED) is 0.477. The van der Waals surface area contributed by atoms with Gasteiger partial charge in [0.15, 0.2) is 0 Å². The van der Waals surface area contributed by atoms with Crippen molar-refractivity contribution in [3.8, 4) is 0 Å². The number of sulfonamides is 1. The van der Waals surface area contributed by atoms with Gasteiger partial charge in [-0.15, -0.1) is 0 Å². The highest BCUT2D eigenvalue weighted by atomic mass is 32.2. The highest BCUT2D eigenvalue weighted by Crippen LogP contribution is 1.93. The van der Waals surface area contributed by atoms with E-state index >= 15 is 0 Å². The first-order valence-corrected chi connectivity index (χ1v) is 5.10. The number of aliphatic carboxylic acids is 1. The highest BCUT2D eigenvalue weighted by molar-refractivity contribution is 7.88. The lowest BCUT2D eigenvalue weighted by atomic mass is 10.2. The highest BCUT2D eigenvalue weighted by Gasteiger charge is 2.22. The lowest BCUT2D eigenvalue weighted by Crippen LogP contribution is -2.42. The van der Waals surface area contributed by atoms with E-state index in [0.717, 1.165) is 6.26 Å². The minimum Gasteiger partial charge on any atom is -0.480 e. The summed E-state index contributed by atoms with van der Waals surface area (Å²) in [5, 5.41) is 8.45. The number of carboxylic acid groups (broad SMARTS) is 1. The van der Waals surface area contributed by atoms with Gasteiger partial charge < -0.3 is 10.8 Å². The van der Waals surface area contributed by atoms with Crippen LogP contribution in [0.3, 0.4) is 0 Å². The zero-order valence-corrected chi connectivity index (χ0v) is 7.67. The van der Waals surface area contributed by atoms with E-state index in [9.17, 15) is 18.0 Å². The van der Waals surface area contributed by atoms with Gasteiger partial charge in [0.05, 0.1) is 12.7 Å². The molecular formula is C5H10N2O5S. The first kappa shape index (κ1) is 11.8. The molecule has 0 radical (unpaired) electrons. The molecule has 0 rings (SSSR count). The van der Waals surface area contributed by atoms with Gasteiger partial charge in [-0.25, -0.2) is 13.1 Å². The van der Waals surface area contributed by atoms with Crippen molar-refractivity contribution in [2.75, 3.05) is 6.26 Å². The second-order valence-corrected chi connectivity index (χ2v) is 4.23. The molecule has 0 aromatic rings. The fourth-order valence-corrected chi connectivity index (χ4v) is 1.34. The zero-order chi connectivity index (χ0) is 10.6. The Morgan fingerprint density at radius 2 is 2.00 bits per heavy atom. The molecule has 7 nitrogen and oxygen atoms in total. The van der Waals surface area contributed by atoms with Gasteiger partial charge >= 0.3 is 5.97 Å². The number of carbonyl (C=O) groups excluding carboxylic acids is 1. The molecule has 13 heavy (non-hydrogen) atoms. The summed E-state index contributed by atoms with van der Waals surface area (Å²) in [6.07, 6.45) is 0.229. The summed E-state index contributed by atoms with van der Waals surface area (Å²) in [6, 6.07) is -1.49. The number of carbonyl (C=O) groups is 2. The topological polar surface area (TPSA) is 127 Å². The Labute approximate surface area is 75.0 Å². The minimum absolute atomic E-state index is 0.567. The summed E-state index contributed by atoms with van der Waals surface area (Å²) < 4.78 is 23.0. The fourth-order valence-electron chi connectivity index (χ4n) is 0.639. The van der Waals surface area contributed by atoms with Crippen LogP contribution in [0.4, 0.5) is 0 Å². The molecular weight excluding hydrogens is 200 g/mol. The first-order chi connectivity index (χ1) is 5.72. The molecule has 8 heteroatoms. The Kier molecular flexibility index (Phi) is 3.82. The molecule has 0 aliphatic carbocycles. The Balaban J connectivity index is 4.45. The van der Waals surface area contributed by atoms with Crippen LogP contribution in [0.15, 0.2) is 0 Å². The monoisotopic (exact) mass is 210 g/mol. The number of hydrogen-bond donors (Lipinski definition) is 3. The molecule has 0 heterocycles. The first-order valence-electron chi connectivity index (χ1n) is 3.21. The van der Waals surface area contributed by atoms with Crippen molar-refractivity contribution in [2.24, 2.45) is 5.73 Å². The number of rotatable bonds is 5. The molecule has 0 saturated carbocycles. The van der Waals surface area contributed by atoms with Crippen molar-refractivity contribution in [3.05, 3.63) is 0 Å². The van der Waals surface area contributed by atoms with Gasteiger partial charge in [0.2, 0.25) is 15.9 Å². The van der Waals surface area contributed by atoms with Gasteiger partial charge in [0.1, 0.15) is 6.04 Å². The van der Waals surface area contributed by atoms with Crippen molar-refractivity contribution in [2.45, 2.75) is 12.5 Å². The standard InChI is InChI=1S/C5H10N2O5S/c1-13(11,12)7-3(5(9)10)2-4(6)8/h3,7H,2H2,1H3,(H2,6,8)(H,9,10). The van der Waals surface area contributed by atoms with E-state index in [-0.39, 0.29) is 0 Å². The fraction of sp³-hybridized carbons (Fsp3) is 0.600. The van der Waals surface area contributed by atoms with Crippen molar-refractivity contribution < 1.29 is 23.1 Å². The summed E-state index contributed by atoms with van der Waals surface area (Å²) in [7, 11) is -3.65. The third kappa shape index (κ3) is 6.05. The van der Waals surface area contributed by atoms with Crippen LogP contribution in [0.5, 0.6) is 0 Å². The van der Waals surface area contributed by atoms with Crippen molar-refractivity contribution >= 4 is 21.9 Å². The summed E-state index contributed by atoms with van der Waals surface area (Å²) in [5.74, 6) is -2.33. The Bertz CT molecular complexity index is 309. The van der Waals surface area contributed by atoms with E-state index in [1.54, 1.807) is 4.72 Å². The lowest BCUT2D eigenvalue weighted by molar-refractivity contribution is -0.140. The van der Waals surface area contributed by atoms with Crippen LogP contribution >= 0.6 is 0 Å². The van der Waals surface area contributed by atoms with Crippen LogP contribution in [-0.2, 0) is 19.6 Å². The third-order valence-corrected chi connectivity index (χ3v) is 1.77. The smallest absolute Gasteiger partial charge is 0.322 e. The van der Waals surface area contributed by atoms with Gasteiger partial charge in [-0.3, -0.25) is 9.59 Å². The average molecular weight is 210 g/mol. The SMILES string of the molecule is CS(=O)(=O)NC(CC(N)=O)C(=O)O. The zero-order valence-electron chi connectivity index (χ0n) is 6.85. The summed E-state index contributed by atoms with van der Waals surface area (Å²) in [5.41, 5.74) is 4.71. The minimum atomic E-state index is -3.65. The van der Waals surface area contributed by atoms with Crippen molar-refractivity contribution in [3.63, 3.8) is 0 Å². The van der Waals surface area contributed by atoms with E-state index < -0.39 is 34.4 Å². The number of hydrogen-bond acceptors (Lipinski definition) is 4. The van der Waals surface area contributed by atoms with Crippen molar-refractivity contribution in [1.29, 1.82) is 0 Å². The van der Waals surface area contributed by atoms with Gasteiger partial charge in [-0.2, -0.15) is 0 Å². The Morgan fingerprint density at radius 3 is 2.23 bits per heavy atom. The second-order valence-electron chi connectivity index (χ2n) is 2.45. The van der Waals surface area contributed by atoms with Crippen LogP contribution in [0.25, 0.3) is 0 Å². The van der Waals surface area contributed by atoms with Crippen LogP contribution in [0, 0.1) is 0 Å². The maximum Gasteiger partial charge on any atom is 0.322 e. The summed E-state index contributed by atoms with van der Waals surface area (Å²) in [4.78, 5) is 20.7. The van der Waals surface area contributed by atoms with Gasteiger partial charge in [0.25, 0.3) is 0 Å². The lowest BCUT2D eigenvalue weighted by Gasteiger charge is -2.09. The van der Waals surface area contributed by atoms with E-state index in [0.29, 0.717) is 0 Å². The normalized spacial score (nSPS) is 13.6. The van der Waals surface area contributed by atoms with E-state index in [2.05, 4.69) is 0 Å². The number of primary amides is 1. The molecule has 76 valence electrons. The van der Waals surface area contributed by atoms with Crippen LogP contribution in [0.2, 0.25) is 0 Å². The molecule has 1 unspecified atom stereocenters. The van der Waals surface area contributed by atoms with Gasteiger partial charge in [-0.1, -0.05) is 0 Å². The molecule has 0 spiro atoms. The molecule has 0 bridgehead atoms. The molecule has 0 fully saturated rings. The molecule has 4 N–H and O–H groups in total. The van der Waals surface area contributed by atoms with E-state index in [4.69, 9.17) is 10.8 Å². The Hall–Kier alpha value is -1.15. The molecule has 1 amide bonds. The molecule has 0 aromatic carbocycles. The molecule has 0 saturated heterocycles. The molecule has 1 atom stereocenters. The number of amides is 1. The predicted octanol–water partition coefficient (Wildman–Crippen LogP) is -2.14. The number of nitrogens with two attached hydrogens (primary N) is 1. The van der Waals surface area contributed by atoms with Crippen molar-refractivity contribution in [1.82, 2.24) is 4.72 Å². The second kappa shape index (κ2) is 4.19. The van der Waals surface area contributed by atoms with Gasteiger partial charge in [0, 0.05) is 0 Å². The third-order valence-electron chi connectivity index (χ3n) is 1.06. The van der Waals surface area contributed by atoms with Crippen LogP contribution < -0.4 is 10.5 Å². The predicted molar refractivity (Wildman–Crippen MR) is 43.2 cm³/mol. The maximum absolute atomic E-state index is 10.6. The molecule has 0 aliphatic rings. The van der Waals surface area contributed by atoms with E-state index in [1.807, 2.05) is 0 Å². The van der Waals surface area contributed by atoms with E-state index in [1.165, 1.54) is 0 Å². The Morgan fingerprint density at radius 1 is 1.54 bits per heavy atom. The summed E-state index contributed by atoms with van der Waals surface area (Å²) >= 11 is 0. The molecule has 0 aliphatic heterocycles. The van der Waals surface area contributed by atoms with Gasteiger partial charge in [-0.05, 0) is 0 Å². The van der Waals surface area contributed by atoms with Crippen LogP contribution in [0.1, 0.15) is 6.42 Å². The number of carboxylic acids is 1. The largest absolute Gasteiger partial charge is 0.480 e.